The molecule has 1 aromatic carbocycles. The van der Waals surface area contributed by atoms with Gasteiger partial charge in [-0.15, -0.1) is 11.8 Å². The van der Waals surface area contributed by atoms with Gasteiger partial charge in [0, 0.05) is 18.8 Å². The summed E-state index contributed by atoms with van der Waals surface area (Å²) in [4.78, 5) is 13.7. The lowest BCUT2D eigenvalue weighted by Crippen LogP contribution is -2.58. The van der Waals surface area contributed by atoms with E-state index < -0.39 is 9.84 Å². The van der Waals surface area contributed by atoms with Crippen LogP contribution in [0, 0.1) is 5.92 Å². The van der Waals surface area contributed by atoms with Crippen LogP contribution < -0.4 is 0 Å². The molecule has 1 saturated heterocycles. The Bertz CT molecular complexity index is 593. The van der Waals surface area contributed by atoms with Crippen molar-refractivity contribution >= 4 is 27.5 Å². The number of carbonyl (C=O) groups excluding carboxylic acids is 1. The quantitative estimate of drug-likeness (QED) is 0.763. The zero-order valence-electron chi connectivity index (χ0n) is 13.1. The minimum absolute atomic E-state index is 0.0388. The van der Waals surface area contributed by atoms with Crippen LogP contribution in [-0.2, 0) is 20.4 Å². The van der Waals surface area contributed by atoms with Gasteiger partial charge in [0.2, 0.25) is 5.91 Å². The Labute approximate surface area is 137 Å². The summed E-state index contributed by atoms with van der Waals surface area (Å²) in [6.07, 6.45) is 0. The molecule has 1 aliphatic heterocycles. The van der Waals surface area contributed by atoms with E-state index in [-0.39, 0.29) is 22.8 Å². The molecule has 2 rings (SSSR count). The van der Waals surface area contributed by atoms with Gasteiger partial charge in [0.25, 0.3) is 0 Å². The van der Waals surface area contributed by atoms with Crippen LogP contribution >= 0.6 is 11.8 Å². The summed E-state index contributed by atoms with van der Waals surface area (Å²) in [6, 6.07) is 10.0. The van der Waals surface area contributed by atoms with Crippen LogP contribution in [0.15, 0.2) is 30.3 Å². The fraction of sp³-hybridized carbons (Fsp3) is 0.562. The minimum Gasteiger partial charge on any atom is -0.339 e. The van der Waals surface area contributed by atoms with Crippen molar-refractivity contribution < 1.29 is 13.2 Å². The van der Waals surface area contributed by atoms with E-state index in [4.69, 9.17) is 0 Å². The number of hydrogen-bond donors (Lipinski definition) is 0. The molecule has 0 aliphatic carbocycles. The standard InChI is InChI=1S/C16H23NO3S2/c1-13(2)12-22(19,20)15-8-17(9-15)16(18)11-21-10-14-6-4-3-5-7-14/h3-7,13,15H,8-12H2,1-2H3. The van der Waals surface area contributed by atoms with E-state index in [0.29, 0.717) is 18.8 Å². The largest absolute Gasteiger partial charge is 0.339 e. The number of hydrogen-bond acceptors (Lipinski definition) is 4. The summed E-state index contributed by atoms with van der Waals surface area (Å²) in [5, 5.41) is -0.363. The average Bonchev–Trinajstić information content (AvgIpc) is 2.36. The van der Waals surface area contributed by atoms with Crippen LogP contribution in [0.3, 0.4) is 0 Å². The summed E-state index contributed by atoms with van der Waals surface area (Å²) in [5.41, 5.74) is 1.20. The molecule has 22 heavy (non-hydrogen) atoms. The summed E-state index contributed by atoms with van der Waals surface area (Å²) < 4.78 is 24.1. The lowest BCUT2D eigenvalue weighted by molar-refractivity contribution is -0.131. The molecule has 0 bridgehead atoms. The average molecular weight is 341 g/mol. The first-order valence-corrected chi connectivity index (χ1v) is 10.4. The Hall–Kier alpha value is -1.01. The van der Waals surface area contributed by atoms with E-state index in [9.17, 15) is 13.2 Å². The second-order valence-corrected chi connectivity index (χ2v) is 9.43. The topological polar surface area (TPSA) is 54.5 Å². The predicted molar refractivity (Wildman–Crippen MR) is 91.6 cm³/mol. The molecule has 1 amide bonds. The van der Waals surface area contributed by atoms with Gasteiger partial charge in [0.05, 0.1) is 16.8 Å². The van der Waals surface area contributed by atoms with Crippen molar-refractivity contribution in [2.24, 2.45) is 5.92 Å². The van der Waals surface area contributed by atoms with Crippen molar-refractivity contribution in [3.8, 4) is 0 Å². The summed E-state index contributed by atoms with van der Waals surface area (Å²) >= 11 is 1.57. The zero-order chi connectivity index (χ0) is 16.2. The second-order valence-electron chi connectivity index (χ2n) is 6.12. The molecule has 0 atom stereocenters. The van der Waals surface area contributed by atoms with Crippen LogP contribution in [0.2, 0.25) is 0 Å². The monoisotopic (exact) mass is 341 g/mol. The van der Waals surface area contributed by atoms with Crippen LogP contribution in [-0.4, -0.2) is 49.1 Å². The Morgan fingerprint density at radius 3 is 2.50 bits per heavy atom. The number of amides is 1. The third-order valence-corrected chi connectivity index (χ3v) is 7.05. The number of sulfone groups is 1. The first-order chi connectivity index (χ1) is 10.4. The molecule has 0 radical (unpaired) electrons. The van der Waals surface area contributed by atoms with Crippen molar-refractivity contribution in [2.75, 3.05) is 24.6 Å². The molecular formula is C16H23NO3S2. The molecule has 1 heterocycles. The maximum atomic E-state index is 12.0. The molecule has 0 spiro atoms. The lowest BCUT2D eigenvalue weighted by atomic mass is 10.2. The molecule has 0 unspecified atom stereocenters. The highest BCUT2D eigenvalue weighted by Crippen LogP contribution is 2.21. The summed E-state index contributed by atoms with van der Waals surface area (Å²) in [6.45, 7) is 4.53. The molecule has 1 aliphatic rings. The second kappa shape index (κ2) is 7.51. The highest BCUT2D eigenvalue weighted by molar-refractivity contribution is 7.99. The maximum absolute atomic E-state index is 12.0. The van der Waals surface area contributed by atoms with Gasteiger partial charge < -0.3 is 4.90 Å². The van der Waals surface area contributed by atoms with Crippen LogP contribution in [0.5, 0.6) is 0 Å². The van der Waals surface area contributed by atoms with Crippen molar-refractivity contribution in [2.45, 2.75) is 24.9 Å². The molecule has 0 N–H and O–H groups in total. The third-order valence-electron chi connectivity index (χ3n) is 3.61. The number of thioether (sulfide) groups is 1. The molecule has 0 aromatic heterocycles. The molecule has 1 aromatic rings. The minimum atomic E-state index is -3.05. The van der Waals surface area contributed by atoms with Gasteiger partial charge in [0.1, 0.15) is 0 Å². The van der Waals surface area contributed by atoms with Gasteiger partial charge in [-0.25, -0.2) is 8.42 Å². The molecule has 0 saturated carbocycles. The predicted octanol–water partition coefficient (Wildman–Crippen LogP) is 2.20. The van der Waals surface area contributed by atoms with Gasteiger partial charge in [-0.3, -0.25) is 4.79 Å². The van der Waals surface area contributed by atoms with Crippen LogP contribution in [0.1, 0.15) is 19.4 Å². The number of rotatable bonds is 7. The fourth-order valence-corrected chi connectivity index (χ4v) is 5.29. The van der Waals surface area contributed by atoms with Gasteiger partial charge in [-0.2, -0.15) is 0 Å². The summed E-state index contributed by atoms with van der Waals surface area (Å²) in [7, 11) is -3.05. The number of benzene rings is 1. The molecule has 122 valence electrons. The van der Waals surface area contributed by atoms with E-state index in [0.717, 1.165) is 5.75 Å². The fourth-order valence-electron chi connectivity index (χ4n) is 2.39. The SMILES string of the molecule is CC(C)CS(=O)(=O)C1CN(C(=O)CSCc2ccccc2)C1. The number of likely N-dealkylation sites (tertiary alicyclic amines) is 1. The molecular weight excluding hydrogens is 318 g/mol. The van der Waals surface area contributed by atoms with Crippen molar-refractivity contribution in [1.82, 2.24) is 4.90 Å². The highest BCUT2D eigenvalue weighted by atomic mass is 32.2. The summed E-state index contributed by atoms with van der Waals surface area (Å²) in [5.74, 6) is 1.59. The van der Waals surface area contributed by atoms with Gasteiger partial charge >= 0.3 is 0 Å². The Balaban J connectivity index is 1.71. The Morgan fingerprint density at radius 1 is 1.27 bits per heavy atom. The number of carbonyl (C=O) groups is 1. The molecule has 1 fully saturated rings. The maximum Gasteiger partial charge on any atom is 0.232 e. The normalized spacial score (nSPS) is 15.9. The van der Waals surface area contributed by atoms with Crippen molar-refractivity contribution in [3.05, 3.63) is 35.9 Å². The van der Waals surface area contributed by atoms with Crippen molar-refractivity contribution in [1.29, 1.82) is 0 Å². The van der Waals surface area contributed by atoms with E-state index in [1.807, 2.05) is 44.2 Å². The van der Waals surface area contributed by atoms with Crippen molar-refractivity contribution in [3.63, 3.8) is 0 Å². The van der Waals surface area contributed by atoms with E-state index in [2.05, 4.69) is 0 Å². The van der Waals surface area contributed by atoms with Gasteiger partial charge in [0.15, 0.2) is 9.84 Å². The Morgan fingerprint density at radius 2 is 1.91 bits per heavy atom. The zero-order valence-corrected chi connectivity index (χ0v) is 14.7. The van der Waals surface area contributed by atoms with E-state index >= 15 is 0 Å². The molecule has 4 nitrogen and oxygen atoms in total. The first kappa shape index (κ1) is 17.3. The van der Waals surface area contributed by atoms with Crippen LogP contribution in [0.4, 0.5) is 0 Å². The lowest BCUT2D eigenvalue weighted by Gasteiger charge is -2.39. The van der Waals surface area contributed by atoms with E-state index in [1.165, 1.54) is 5.56 Å². The Kier molecular flexibility index (Phi) is 5.92. The third kappa shape index (κ3) is 4.74. The van der Waals surface area contributed by atoms with Gasteiger partial charge in [-0.05, 0) is 11.5 Å². The van der Waals surface area contributed by atoms with Crippen LogP contribution in [0.25, 0.3) is 0 Å². The number of nitrogens with zero attached hydrogens (tertiary/aromatic N) is 1. The van der Waals surface area contributed by atoms with Gasteiger partial charge in [-0.1, -0.05) is 44.2 Å². The van der Waals surface area contributed by atoms with E-state index in [1.54, 1.807) is 16.7 Å². The highest BCUT2D eigenvalue weighted by Gasteiger charge is 2.39. The first-order valence-electron chi connectivity index (χ1n) is 7.49. The molecule has 6 heteroatoms. The smallest absolute Gasteiger partial charge is 0.232 e.